The average Bonchev–Trinajstić information content (AvgIpc) is 3.59. The highest BCUT2D eigenvalue weighted by atomic mass is 32.2. The summed E-state index contributed by atoms with van der Waals surface area (Å²) in [7, 11) is 2.72. The molecule has 1 atom stereocenters. The Hall–Kier alpha value is -2.58. The van der Waals surface area contributed by atoms with E-state index in [1.54, 1.807) is 0 Å². The van der Waals surface area contributed by atoms with E-state index in [0.717, 1.165) is 61.5 Å². The maximum atomic E-state index is 13.2. The molecule has 1 unspecified atom stereocenters. The van der Waals surface area contributed by atoms with E-state index in [1.807, 2.05) is 43.3 Å². The highest BCUT2D eigenvalue weighted by Crippen LogP contribution is 2.41. The van der Waals surface area contributed by atoms with Gasteiger partial charge in [0.25, 0.3) is 10.0 Å². The number of hydrogen-bond acceptors (Lipinski definition) is 6. The van der Waals surface area contributed by atoms with Gasteiger partial charge in [-0.3, -0.25) is 0 Å². The molecule has 2 aromatic carbocycles. The topological polar surface area (TPSA) is 59.5 Å². The van der Waals surface area contributed by atoms with Crippen LogP contribution in [0.4, 0.5) is 11.4 Å². The highest BCUT2D eigenvalue weighted by Gasteiger charge is 2.45. The molecule has 2 aliphatic heterocycles. The molecule has 2 aromatic rings. The molecule has 1 saturated carbocycles. The molecule has 2 fully saturated rings. The fourth-order valence-electron chi connectivity index (χ4n) is 4.59. The van der Waals surface area contributed by atoms with Gasteiger partial charge in [0.05, 0.1) is 17.0 Å². The molecule has 0 N–H and O–H groups in total. The zero-order valence-electron chi connectivity index (χ0n) is 19.7. The Morgan fingerprint density at radius 1 is 0.909 bits per heavy atom. The summed E-state index contributed by atoms with van der Waals surface area (Å²) in [6.45, 7) is 4.18. The van der Waals surface area contributed by atoms with E-state index < -0.39 is 10.0 Å². The van der Waals surface area contributed by atoms with Gasteiger partial charge < -0.3 is 14.7 Å². The molecule has 1 aliphatic carbocycles. The normalized spacial score (nSPS) is 21.9. The number of hydrazone groups is 1. The molecule has 1 saturated heterocycles. The maximum absolute atomic E-state index is 13.2. The van der Waals surface area contributed by atoms with Gasteiger partial charge >= 0.3 is 0 Å². The molecule has 0 radical (unpaired) electrons. The van der Waals surface area contributed by atoms with Crippen molar-refractivity contribution >= 4 is 27.1 Å². The zero-order valence-corrected chi connectivity index (χ0v) is 20.5. The summed E-state index contributed by atoms with van der Waals surface area (Å²) in [5.74, 6) is 0. The van der Waals surface area contributed by atoms with Crippen molar-refractivity contribution in [1.29, 1.82) is 0 Å². The van der Waals surface area contributed by atoms with Gasteiger partial charge in [-0.05, 0) is 55.3 Å². The monoisotopic (exact) mass is 467 g/mol. The Bertz CT molecular complexity index is 1120. The summed E-state index contributed by atoms with van der Waals surface area (Å²) in [6.07, 6.45) is 2.05. The van der Waals surface area contributed by atoms with Crippen LogP contribution in [0.25, 0.3) is 0 Å². The molecule has 7 nitrogen and oxygen atoms in total. The Labute approximate surface area is 197 Å². The van der Waals surface area contributed by atoms with Gasteiger partial charge in [0, 0.05) is 58.1 Å². The summed E-state index contributed by atoms with van der Waals surface area (Å²) in [5.41, 5.74) is 5.12. The largest absolute Gasteiger partial charge is 0.378 e. The number of rotatable bonds is 6. The van der Waals surface area contributed by atoms with Crippen LogP contribution in [-0.4, -0.2) is 76.0 Å². The quantitative estimate of drug-likeness (QED) is 0.653. The Morgan fingerprint density at radius 3 is 2.12 bits per heavy atom. The molecule has 2 heterocycles. The second-order valence-corrected chi connectivity index (χ2v) is 11.7. The van der Waals surface area contributed by atoms with Crippen LogP contribution >= 0.6 is 0 Å². The number of likely N-dealkylation sites (N-methyl/N-ethyl adjacent to an activating group) is 1. The summed E-state index contributed by atoms with van der Waals surface area (Å²) < 4.78 is 27.8. The molecule has 5 rings (SSSR count). The third-order valence-electron chi connectivity index (χ3n) is 6.94. The molecule has 33 heavy (non-hydrogen) atoms. The lowest BCUT2D eigenvalue weighted by Gasteiger charge is -2.34. The van der Waals surface area contributed by atoms with Gasteiger partial charge in [0.2, 0.25) is 0 Å². The van der Waals surface area contributed by atoms with E-state index in [0.29, 0.717) is 6.42 Å². The maximum Gasteiger partial charge on any atom is 0.253 e. The van der Waals surface area contributed by atoms with Gasteiger partial charge in [0.15, 0.2) is 0 Å². The van der Waals surface area contributed by atoms with Crippen molar-refractivity contribution in [2.24, 2.45) is 5.10 Å². The van der Waals surface area contributed by atoms with Gasteiger partial charge in [-0.1, -0.05) is 24.3 Å². The number of sulfonamides is 1. The van der Waals surface area contributed by atoms with Crippen molar-refractivity contribution in [1.82, 2.24) is 9.31 Å². The molecular weight excluding hydrogens is 434 g/mol. The van der Waals surface area contributed by atoms with E-state index in [4.69, 9.17) is 5.10 Å². The first-order valence-electron chi connectivity index (χ1n) is 11.7. The van der Waals surface area contributed by atoms with Crippen LogP contribution in [0, 0.1) is 0 Å². The van der Waals surface area contributed by atoms with Crippen molar-refractivity contribution in [3.05, 3.63) is 59.7 Å². The Balaban J connectivity index is 1.40. The van der Waals surface area contributed by atoms with Crippen molar-refractivity contribution in [2.75, 3.05) is 57.1 Å². The molecule has 0 amide bonds. The van der Waals surface area contributed by atoms with Crippen LogP contribution in [-0.2, 0) is 10.0 Å². The fraction of sp³-hybridized carbons (Fsp3) is 0.480. The summed E-state index contributed by atoms with van der Waals surface area (Å²) >= 11 is 0. The van der Waals surface area contributed by atoms with Crippen LogP contribution in [0.2, 0.25) is 0 Å². The predicted octanol–water partition coefficient (Wildman–Crippen LogP) is 3.15. The van der Waals surface area contributed by atoms with E-state index in [-0.39, 0.29) is 11.3 Å². The highest BCUT2D eigenvalue weighted by molar-refractivity contribution is 7.90. The number of piperazine rings is 1. The summed E-state index contributed by atoms with van der Waals surface area (Å²) in [5, 5.41) is 4.40. The summed E-state index contributed by atoms with van der Waals surface area (Å²) in [6, 6.07) is 16.3. The minimum Gasteiger partial charge on any atom is -0.378 e. The predicted molar refractivity (Wildman–Crippen MR) is 135 cm³/mol. The lowest BCUT2D eigenvalue weighted by atomic mass is 9.98. The molecule has 3 aliphatic rings. The molecule has 0 bridgehead atoms. The first-order chi connectivity index (χ1) is 15.8. The smallest absolute Gasteiger partial charge is 0.253 e. The van der Waals surface area contributed by atoms with Crippen LogP contribution in [0.3, 0.4) is 0 Å². The van der Waals surface area contributed by atoms with Crippen molar-refractivity contribution in [3.63, 3.8) is 0 Å². The average molecular weight is 468 g/mol. The lowest BCUT2D eigenvalue weighted by molar-refractivity contribution is 0.313. The van der Waals surface area contributed by atoms with Crippen molar-refractivity contribution in [3.8, 4) is 0 Å². The van der Waals surface area contributed by atoms with E-state index in [1.165, 1.54) is 10.1 Å². The van der Waals surface area contributed by atoms with Gasteiger partial charge in [0.1, 0.15) is 0 Å². The van der Waals surface area contributed by atoms with Gasteiger partial charge in [-0.15, -0.1) is 0 Å². The SMILES string of the molecule is CN1CCN(c2ccc(C3=NN(S(=O)(=O)C4CC4)C(c4ccc(N(C)C)cc4)C3)cc2)CC1. The third kappa shape index (κ3) is 4.46. The van der Waals surface area contributed by atoms with Crippen molar-refractivity contribution < 1.29 is 8.42 Å². The molecule has 0 aromatic heterocycles. The minimum atomic E-state index is -3.44. The number of benzene rings is 2. The number of nitrogens with zero attached hydrogens (tertiary/aromatic N) is 5. The van der Waals surface area contributed by atoms with Gasteiger partial charge in [-0.2, -0.15) is 9.52 Å². The first kappa shape index (κ1) is 22.2. The fourth-order valence-corrected chi connectivity index (χ4v) is 6.39. The lowest BCUT2D eigenvalue weighted by Crippen LogP contribution is -2.44. The van der Waals surface area contributed by atoms with Crippen LogP contribution in [0.5, 0.6) is 0 Å². The molecule has 176 valence electrons. The molecule has 8 heteroatoms. The first-order valence-corrected chi connectivity index (χ1v) is 13.3. The third-order valence-corrected chi connectivity index (χ3v) is 9.11. The molecule has 0 spiro atoms. The number of anilines is 2. The standard InChI is InChI=1S/C25H33N5O2S/c1-27(2)21-8-6-20(7-9-21)25-18-24(26-30(25)33(31,32)23-12-13-23)19-4-10-22(11-5-19)29-16-14-28(3)15-17-29/h4-11,23,25H,12-18H2,1-3H3. The summed E-state index contributed by atoms with van der Waals surface area (Å²) in [4.78, 5) is 6.79. The number of hydrogen-bond donors (Lipinski definition) is 0. The van der Waals surface area contributed by atoms with E-state index in [2.05, 4.69) is 41.1 Å². The van der Waals surface area contributed by atoms with E-state index in [9.17, 15) is 8.42 Å². The van der Waals surface area contributed by atoms with Crippen LogP contribution < -0.4 is 9.80 Å². The van der Waals surface area contributed by atoms with Crippen molar-refractivity contribution in [2.45, 2.75) is 30.6 Å². The minimum absolute atomic E-state index is 0.288. The van der Waals surface area contributed by atoms with Crippen LogP contribution in [0.1, 0.15) is 36.4 Å². The Morgan fingerprint density at radius 2 is 1.55 bits per heavy atom. The molecular formula is C25H33N5O2S. The second kappa shape index (κ2) is 8.65. The van der Waals surface area contributed by atoms with E-state index >= 15 is 0 Å². The van der Waals surface area contributed by atoms with Gasteiger partial charge in [-0.25, -0.2) is 8.42 Å². The zero-order chi connectivity index (χ0) is 23.2. The Kier molecular flexibility index (Phi) is 5.82. The second-order valence-electron chi connectivity index (χ2n) is 9.61. The van der Waals surface area contributed by atoms with Crippen LogP contribution in [0.15, 0.2) is 53.6 Å².